The molecule has 11 rings (SSSR count). The highest BCUT2D eigenvalue weighted by Gasteiger charge is 2.46. The number of rotatable bonds is 8. The Morgan fingerprint density at radius 3 is 1.47 bits per heavy atom. The summed E-state index contributed by atoms with van der Waals surface area (Å²) in [5.41, 5.74) is 18.9. The van der Waals surface area contributed by atoms with E-state index in [2.05, 4.69) is 253 Å². The van der Waals surface area contributed by atoms with Gasteiger partial charge in [-0.2, -0.15) is 0 Å². The summed E-state index contributed by atoms with van der Waals surface area (Å²) in [4.78, 5) is 2.42. The van der Waals surface area contributed by atoms with Crippen molar-refractivity contribution in [1.82, 2.24) is 4.57 Å². The van der Waals surface area contributed by atoms with Gasteiger partial charge in [0.15, 0.2) is 0 Å². The highest BCUT2D eigenvalue weighted by atomic mass is 15.1. The lowest BCUT2D eigenvalue weighted by Gasteiger charge is -2.35. The maximum atomic E-state index is 2.45. The Bertz CT molecular complexity index is 3070. The molecule has 0 N–H and O–H groups in total. The van der Waals surface area contributed by atoms with Crippen molar-refractivity contribution in [3.05, 3.63) is 259 Å². The SMILES string of the molecule is Cn1c(-c2ccccc2)c(-c2ccc(N(c3ccc(-c4ccccc4)cc3)c3ccc4c(c3)C(c3ccccc3)(c3ccccc3)c3ccccc3-4)cc2)c2ccccc21. The summed E-state index contributed by atoms with van der Waals surface area (Å²) >= 11 is 0. The molecule has 2 nitrogen and oxygen atoms in total. The first-order valence-electron chi connectivity index (χ1n) is 20.7. The zero-order valence-corrected chi connectivity index (χ0v) is 33.4. The van der Waals surface area contributed by atoms with E-state index in [1.54, 1.807) is 0 Å². The molecule has 60 heavy (non-hydrogen) atoms. The molecule has 9 aromatic carbocycles. The fraction of sp³-hybridized carbons (Fsp3) is 0.0345. The van der Waals surface area contributed by atoms with Crippen molar-refractivity contribution in [3.8, 4) is 44.6 Å². The van der Waals surface area contributed by atoms with Gasteiger partial charge in [0.05, 0.1) is 11.1 Å². The molecule has 0 aliphatic heterocycles. The molecule has 284 valence electrons. The average Bonchev–Trinajstić information content (AvgIpc) is 3.80. The van der Waals surface area contributed by atoms with Crippen molar-refractivity contribution in [2.24, 2.45) is 7.05 Å². The number of nitrogens with zero attached hydrogens (tertiary/aromatic N) is 2. The highest BCUT2D eigenvalue weighted by Crippen LogP contribution is 2.57. The largest absolute Gasteiger partial charge is 0.343 e. The van der Waals surface area contributed by atoms with E-state index in [0.717, 1.165) is 17.1 Å². The average molecular weight is 767 g/mol. The molecule has 0 saturated heterocycles. The number of hydrogen-bond acceptors (Lipinski definition) is 1. The van der Waals surface area contributed by atoms with E-state index in [9.17, 15) is 0 Å². The Kier molecular flexibility index (Phi) is 8.64. The number of aromatic nitrogens is 1. The second-order valence-corrected chi connectivity index (χ2v) is 15.7. The van der Waals surface area contributed by atoms with Crippen LogP contribution >= 0.6 is 0 Å². The minimum Gasteiger partial charge on any atom is -0.343 e. The fourth-order valence-corrected chi connectivity index (χ4v) is 9.85. The van der Waals surface area contributed by atoms with Crippen LogP contribution in [0, 0.1) is 0 Å². The number of hydrogen-bond donors (Lipinski definition) is 0. The molecule has 1 aromatic heterocycles. The van der Waals surface area contributed by atoms with Gasteiger partial charge in [0.1, 0.15) is 0 Å². The van der Waals surface area contributed by atoms with Crippen molar-refractivity contribution in [3.63, 3.8) is 0 Å². The van der Waals surface area contributed by atoms with Crippen molar-refractivity contribution < 1.29 is 0 Å². The molecule has 0 bridgehead atoms. The molecule has 0 saturated carbocycles. The van der Waals surface area contributed by atoms with Gasteiger partial charge in [0.25, 0.3) is 0 Å². The topological polar surface area (TPSA) is 8.17 Å². The van der Waals surface area contributed by atoms with Gasteiger partial charge in [-0.15, -0.1) is 0 Å². The number of anilines is 3. The Labute approximate surface area is 351 Å². The second kappa shape index (κ2) is 14.6. The number of para-hydroxylation sites is 1. The summed E-state index contributed by atoms with van der Waals surface area (Å²) in [6.45, 7) is 0. The van der Waals surface area contributed by atoms with Crippen molar-refractivity contribution in [2.75, 3.05) is 4.90 Å². The van der Waals surface area contributed by atoms with Crippen LogP contribution in [-0.4, -0.2) is 4.57 Å². The third-order valence-corrected chi connectivity index (χ3v) is 12.5. The first-order chi connectivity index (χ1) is 29.7. The smallest absolute Gasteiger partial charge is 0.0714 e. The summed E-state index contributed by atoms with van der Waals surface area (Å²) < 4.78 is 2.34. The molecule has 0 unspecified atom stereocenters. The second-order valence-electron chi connectivity index (χ2n) is 15.7. The van der Waals surface area contributed by atoms with Gasteiger partial charge in [0, 0.05) is 40.6 Å². The summed E-state index contributed by atoms with van der Waals surface area (Å²) in [6, 6.07) is 86.5. The highest BCUT2D eigenvalue weighted by molar-refractivity contribution is 6.05. The third-order valence-electron chi connectivity index (χ3n) is 12.5. The predicted molar refractivity (Wildman–Crippen MR) is 251 cm³/mol. The van der Waals surface area contributed by atoms with E-state index < -0.39 is 5.41 Å². The van der Waals surface area contributed by atoms with Crippen LogP contribution < -0.4 is 4.90 Å². The molecular formula is C58H42N2. The molecule has 1 aliphatic carbocycles. The maximum Gasteiger partial charge on any atom is 0.0714 e. The van der Waals surface area contributed by atoms with E-state index in [4.69, 9.17) is 0 Å². The molecule has 0 radical (unpaired) electrons. The molecule has 10 aromatic rings. The first-order valence-corrected chi connectivity index (χ1v) is 20.7. The number of fused-ring (bicyclic) bond motifs is 4. The lowest BCUT2D eigenvalue weighted by Crippen LogP contribution is -2.28. The Hall–Kier alpha value is -7.68. The van der Waals surface area contributed by atoms with E-state index in [1.165, 1.54) is 77.8 Å². The monoisotopic (exact) mass is 766 g/mol. The fourth-order valence-electron chi connectivity index (χ4n) is 9.85. The van der Waals surface area contributed by atoms with Crippen LogP contribution in [0.2, 0.25) is 0 Å². The van der Waals surface area contributed by atoms with Crippen LogP contribution in [0.25, 0.3) is 55.5 Å². The molecule has 2 heteroatoms. The summed E-state index contributed by atoms with van der Waals surface area (Å²) in [7, 11) is 2.18. The maximum absolute atomic E-state index is 2.45. The Morgan fingerprint density at radius 1 is 0.367 bits per heavy atom. The number of aryl methyl sites for hydroxylation is 1. The van der Waals surface area contributed by atoms with E-state index in [1.807, 2.05) is 0 Å². The molecule has 0 amide bonds. The van der Waals surface area contributed by atoms with Crippen LogP contribution in [0.4, 0.5) is 17.1 Å². The van der Waals surface area contributed by atoms with Gasteiger partial charge in [-0.3, -0.25) is 0 Å². The third kappa shape index (κ3) is 5.64. The molecular weight excluding hydrogens is 725 g/mol. The van der Waals surface area contributed by atoms with Gasteiger partial charge in [-0.05, 0) is 98.1 Å². The van der Waals surface area contributed by atoms with E-state index in [-0.39, 0.29) is 0 Å². The van der Waals surface area contributed by atoms with Crippen LogP contribution in [0.3, 0.4) is 0 Å². The lowest BCUT2D eigenvalue weighted by molar-refractivity contribution is 0.768. The van der Waals surface area contributed by atoms with Crippen LogP contribution in [-0.2, 0) is 12.5 Å². The van der Waals surface area contributed by atoms with Gasteiger partial charge in [-0.1, -0.05) is 194 Å². The Morgan fingerprint density at radius 2 is 0.833 bits per heavy atom. The molecule has 0 fully saturated rings. The Balaban J connectivity index is 1.11. The summed E-state index contributed by atoms with van der Waals surface area (Å²) in [5.74, 6) is 0. The van der Waals surface area contributed by atoms with Crippen molar-refractivity contribution >= 4 is 28.0 Å². The van der Waals surface area contributed by atoms with Crippen LogP contribution in [0.5, 0.6) is 0 Å². The van der Waals surface area contributed by atoms with Gasteiger partial charge in [-0.25, -0.2) is 0 Å². The normalized spacial score (nSPS) is 12.6. The quantitative estimate of drug-likeness (QED) is 0.150. The lowest BCUT2D eigenvalue weighted by atomic mass is 9.67. The molecule has 1 aliphatic rings. The predicted octanol–water partition coefficient (Wildman–Crippen LogP) is 15.0. The van der Waals surface area contributed by atoms with E-state index >= 15 is 0 Å². The van der Waals surface area contributed by atoms with Gasteiger partial charge >= 0.3 is 0 Å². The van der Waals surface area contributed by atoms with Crippen molar-refractivity contribution in [1.29, 1.82) is 0 Å². The zero-order chi connectivity index (χ0) is 40.0. The van der Waals surface area contributed by atoms with Crippen LogP contribution in [0.15, 0.2) is 237 Å². The first kappa shape index (κ1) is 35.5. The van der Waals surface area contributed by atoms with Gasteiger partial charge in [0.2, 0.25) is 0 Å². The minimum atomic E-state index is -0.501. The van der Waals surface area contributed by atoms with E-state index in [0.29, 0.717) is 0 Å². The van der Waals surface area contributed by atoms with Crippen molar-refractivity contribution in [2.45, 2.75) is 5.41 Å². The summed E-state index contributed by atoms with van der Waals surface area (Å²) in [6.07, 6.45) is 0. The van der Waals surface area contributed by atoms with Gasteiger partial charge < -0.3 is 9.47 Å². The minimum absolute atomic E-state index is 0.501. The standard InChI is InChI=1S/C58H42N2/c1-59-55-29-17-15-27-52(55)56(57(59)44-20-8-3-9-21-44)43-32-36-48(37-33-43)60(47-34-30-42(31-35-47)41-18-6-2-7-19-41)49-38-39-51-50-26-14-16-28-53(50)58(54(51)40-49,45-22-10-4-11-23-45)46-24-12-5-13-25-46/h2-40H,1H3. The molecule has 0 atom stereocenters. The molecule has 1 heterocycles. The zero-order valence-electron chi connectivity index (χ0n) is 33.4. The summed E-state index contributed by atoms with van der Waals surface area (Å²) in [5, 5.41) is 1.25. The molecule has 0 spiro atoms. The van der Waals surface area contributed by atoms with Crippen LogP contribution in [0.1, 0.15) is 22.3 Å². The number of benzene rings is 9.